The minimum absolute atomic E-state index is 0.120. The molecule has 0 aromatic carbocycles. The molecule has 0 aliphatic carbocycles. The Kier molecular flexibility index (Phi) is 4.50. The third-order valence-electron chi connectivity index (χ3n) is 3.79. The van der Waals surface area contributed by atoms with Crippen LogP contribution in [0.25, 0.3) is 0 Å². The van der Waals surface area contributed by atoms with E-state index >= 15 is 0 Å². The van der Waals surface area contributed by atoms with Gasteiger partial charge in [-0.3, -0.25) is 4.90 Å². The lowest BCUT2D eigenvalue weighted by atomic mass is 10.0. The molecule has 0 radical (unpaired) electrons. The van der Waals surface area contributed by atoms with E-state index in [9.17, 15) is 4.79 Å². The number of hydrogen-bond acceptors (Lipinski definition) is 4. The molecule has 2 heterocycles. The quantitative estimate of drug-likeness (QED) is 0.887. The Bertz CT molecular complexity index is 442. The molecular formula is C14H21N3O2. The number of likely N-dealkylation sites (tertiary alicyclic amines) is 1. The van der Waals surface area contributed by atoms with Crippen LogP contribution in [-0.2, 0) is 6.54 Å². The van der Waals surface area contributed by atoms with E-state index in [4.69, 9.17) is 5.11 Å². The number of hydrogen-bond donors (Lipinski definition) is 1. The van der Waals surface area contributed by atoms with Gasteiger partial charge >= 0.3 is 5.97 Å². The van der Waals surface area contributed by atoms with Gasteiger partial charge in [-0.15, -0.1) is 0 Å². The molecule has 1 saturated heterocycles. The summed E-state index contributed by atoms with van der Waals surface area (Å²) in [6.07, 6.45) is 3.91. The standard InChI is InChI=1S/C14H21N3O2/c1-16-7-4-12(5-8-16)17(2)10-11-3-6-15-13(9-11)14(18)19/h3,6,9,12H,4-5,7-8,10H2,1-2H3,(H,18,19). The van der Waals surface area contributed by atoms with Crippen molar-refractivity contribution in [3.63, 3.8) is 0 Å². The van der Waals surface area contributed by atoms with E-state index < -0.39 is 5.97 Å². The Balaban J connectivity index is 1.96. The Morgan fingerprint density at radius 1 is 1.53 bits per heavy atom. The number of pyridine rings is 1. The summed E-state index contributed by atoms with van der Waals surface area (Å²) >= 11 is 0. The van der Waals surface area contributed by atoms with E-state index in [1.807, 2.05) is 6.07 Å². The molecule has 104 valence electrons. The Morgan fingerprint density at radius 2 is 2.21 bits per heavy atom. The smallest absolute Gasteiger partial charge is 0.354 e. The molecule has 1 aromatic rings. The highest BCUT2D eigenvalue weighted by Crippen LogP contribution is 2.16. The molecule has 1 N–H and O–H groups in total. The number of aromatic nitrogens is 1. The number of piperidine rings is 1. The molecule has 0 atom stereocenters. The summed E-state index contributed by atoms with van der Waals surface area (Å²) < 4.78 is 0. The SMILES string of the molecule is CN1CCC(N(C)Cc2ccnc(C(=O)O)c2)CC1. The maximum Gasteiger partial charge on any atom is 0.354 e. The van der Waals surface area contributed by atoms with Crippen LogP contribution >= 0.6 is 0 Å². The fourth-order valence-corrected chi connectivity index (χ4v) is 2.54. The number of carbonyl (C=O) groups is 1. The van der Waals surface area contributed by atoms with Crippen molar-refractivity contribution in [1.29, 1.82) is 0 Å². The fourth-order valence-electron chi connectivity index (χ4n) is 2.54. The van der Waals surface area contributed by atoms with E-state index in [-0.39, 0.29) is 5.69 Å². The number of rotatable bonds is 4. The maximum absolute atomic E-state index is 10.9. The van der Waals surface area contributed by atoms with Crippen LogP contribution in [0.3, 0.4) is 0 Å². The third-order valence-corrected chi connectivity index (χ3v) is 3.79. The van der Waals surface area contributed by atoms with Gasteiger partial charge in [-0.05, 0) is 57.7 Å². The molecule has 0 amide bonds. The summed E-state index contributed by atoms with van der Waals surface area (Å²) in [7, 11) is 4.26. The lowest BCUT2D eigenvalue weighted by Crippen LogP contribution is -2.41. The second-order valence-electron chi connectivity index (χ2n) is 5.30. The van der Waals surface area contributed by atoms with E-state index in [0.29, 0.717) is 6.04 Å². The highest BCUT2D eigenvalue weighted by molar-refractivity contribution is 5.85. The molecular weight excluding hydrogens is 242 g/mol. The largest absolute Gasteiger partial charge is 0.477 e. The number of carboxylic acid groups (broad SMARTS) is 1. The molecule has 19 heavy (non-hydrogen) atoms. The van der Waals surface area contributed by atoms with Gasteiger partial charge in [-0.2, -0.15) is 0 Å². The third kappa shape index (κ3) is 3.75. The minimum atomic E-state index is -0.969. The van der Waals surface area contributed by atoms with E-state index in [1.165, 1.54) is 12.8 Å². The van der Waals surface area contributed by atoms with Crippen LogP contribution in [0.15, 0.2) is 18.3 Å². The van der Waals surface area contributed by atoms with Crippen molar-refractivity contribution >= 4 is 5.97 Å². The van der Waals surface area contributed by atoms with Crippen molar-refractivity contribution in [3.8, 4) is 0 Å². The van der Waals surface area contributed by atoms with Crippen molar-refractivity contribution in [2.75, 3.05) is 27.2 Å². The van der Waals surface area contributed by atoms with Gasteiger partial charge in [0.1, 0.15) is 5.69 Å². The van der Waals surface area contributed by atoms with Gasteiger partial charge in [0.25, 0.3) is 0 Å². The van der Waals surface area contributed by atoms with Gasteiger partial charge in [0.05, 0.1) is 0 Å². The van der Waals surface area contributed by atoms with Crippen LogP contribution in [0, 0.1) is 0 Å². The molecule has 0 unspecified atom stereocenters. The van der Waals surface area contributed by atoms with Crippen molar-refractivity contribution < 1.29 is 9.90 Å². The van der Waals surface area contributed by atoms with Crippen LogP contribution in [0.1, 0.15) is 28.9 Å². The van der Waals surface area contributed by atoms with Gasteiger partial charge in [0, 0.05) is 18.8 Å². The van der Waals surface area contributed by atoms with Crippen molar-refractivity contribution in [1.82, 2.24) is 14.8 Å². The zero-order chi connectivity index (χ0) is 13.8. The van der Waals surface area contributed by atoms with Crippen LogP contribution in [0.2, 0.25) is 0 Å². The molecule has 0 spiro atoms. The molecule has 0 bridgehead atoms. The molecule has 1 aliphatic heterocycles. The second-order valence-corrected chi connectivity index (χ2v) is 5.30. The highest BCUT2D eigenvalue weighted by Gasteiger charge is 2.20. The number of nitrogens with zero attached hydrogens (tertiary/aromatic N) is 3. The van der Waals surface area contributed by atoms with E-state index in [2.05, 4.69) is 28.9 Å². The number of aromatic carboxylic acids is 1. The summed E-state index contributed by atoms with van der Waals surface area (Å²) in [4.78, 5) is 19.4. The van der Waals surface area contributed by atoms with Crippen molar-refractivity contribution in [2.24, 2.45) is 0 Å². The van der Waals surface area contributed by atoms with Gasteiger partial charge in [0.15, 0.2) is 0 Å². The first kappa shape index (κ1) is 14.0. The molecule has 1 aromatic heterocycles. The summed E-state index contributed by atoms with van der Waals surface area (Å²) in [6, 6.07) is 4.13. The van der Waals surface area contributed by atoms with Crippen LogP contribution in [0.4, 0.5) is 0 Å². The Morgan fingerprint density at radius 3 is 2.84 bits per heavy atom. The zero-order valence-corrected chi connectivity index (χ0v) is 11.5. The fraction of sp³-hybridized carbons (Fsp3) is 0.571. The first-order valence-corrected chi connectivity index (χ1v) is 6.63. The van der Waals surface area contributed by atoms with Gasteiger partial charge in [-0.1, -0.05) is 0 Å². The summed E-state index contributed by atoms with van der Waals surface area (Å²) in [5.74, 6) is -0.969. The minimum Gasteiger partial charge on any atom is -0.477 e. The normalized spacial score (nSPS) is 17.8. The lowest BCUT2D eigenvalue weighted by molar-refractivity contribution is 0.0690. The average Bonchev–Trinajstić information content (AvgIpc) is 2.39. The molecule has 5 nitrogen and oxygen atoms in total. The van der Waals surface area contributed by atoms with E-state index in [0.717, 1.165) is 25.2 Å². The lowest BCUT2D eigenvalue weighted by Gasteiger charge is -2.35. The van der Waals surface area contributed by atoms with Crippen LogP contribution in [-0.4, -0.2) is 59.1 Å². The molecule has 2 rings (SSSR count). The average molecular weight is 263 g/mol. The molecule has 5 heteroatoms. The molecule has 1 aliphatic rings. The second kappa shape index (κ2) is 6.12. The van der Waals surface area contributed by atoms with Gasteiger partial charge in [0.2, 0.25) is 0 Å². The Labute approximate surface area is 113 Å². The summed E-state index contributed by atoms with van der Waals surface area (Å²) in [5.41, 5.74) is 1.13. The maximum atomic E-state index is 10.9. The first-order chi connectivity index (χ1) is 9.06. The number of carboxylic acids is 1. The van der Waals surface area contributed by atoms with Crippen LogP contribution in [0.5, 0.6) is 0 Å². The molecule has 1 fully saturated rings. The van der Waals surface area contributed by atoms with Crippen LogP contribution < -0.4 is 0 Å². The topological polar surface area (TPSA) is 56.7 Å². The van der Waals surface area contributed by atoms with Crippen molar-refractivity contribution in [3.05, 3.63) is 29.6 Å². The van der Waals surface area contributed by atoms with Gasteiger partial charge < -0.3 is 10.0 Å². The van der Waals surface area contributed by atoms with E-state index in [1.54, 1.807) is 12.3 Å². The van der Waals surface area contributed by atoms with Gasteiger partial charge in [-0.25, -0.2) is 9.78 Å². The predicted octanol–water partition coefficient (Wildman–Crippen LogP) is 1.31. The predicted molar refractivity (Wildman–Crippen MR) is 73.2 cm³/mol. The monoisotopic (exact) mass is 263 g/mol. The first-order valence-electron chi connectivity index (χ1n) is 6.63. The zero-order valence-electron chi connectivity index (χ0n) is 11.5. The van der Waals surface area contributed by atoms with Crippen molar-refractivity contribution in [2.45, 2.75) is 25.4 Å². The molecule has 0 saturated carbocycles. The highest BCUT2D eigenvalue weighted by atomic mass is 16.4. The summed E-state index contributed by atoms with van der Waals surface area (Å²) in [5, 5.41) is 8.94. The summed E-state index contributed by atoms with van der Waals surface area (Å²) in [6.45, 7) is 3.04. The Hall–Kier alpha value is -1.46.